The molecule has 0 heterocycles. The summed E-state index contributed by atoms with van der Waals surface area (Å²) in [5.41, 5.74) is 6.20. The second-order valence-electron chi connectivity index (χ2n) is 5.89. The van der Waals surface area contributed by atoms with E-state index >= 15 is 0 Å². The zero-order chi connectivity index (χ0) is 17.7. The Morgan fingerprint density at radius 3 is 2.13 bits per heavy atom. The first-order valence-electron chi connectivity index (χ1n) is 8.78. The quantitative estimate of drug-likeness (QED) is 0.301. The Labute approximate surface area is 145 Å². The number of allylic oxidation sites excluding steroid dienone is 11. The molecule has 0 saturated heterocycles. The van der Waals surface area contributed by atoms with Gasteiger partial charge in [0.05, 0.1) is 0 Å². The fourth-order valence-electron chi connectivity index (χ4n) is 2.27. The van der Waals surface area contributed by atoms with Crippen LogP contribution in [0.15, 0.2) is 70.8 Å². The number of unbranched alkanes of at least 4 members (excludes halogenated alkanes) is 1. The molecule has 0 N–H and O–H groups in total. The lowest BCUT2D eigenvalue weighted by Crippen LogP contribution is -1.91. The molecule has 1 heteroatoms. The SMILES string of the molecule is [B]/C(C=C)=C/C=C(CCC)/C(=C/C)C/C=C(C)\C(C)=C/CCC. The Morgan fingerprint density at radius 1 is 0.957 bits per heavy atom. The molecule has 0 amide bonds. The van der Waals surface area contributed by atoms with Crippen LogP contribution in [0.1, 0.15) is 66.7 Å². The second kappa shape index (κ2) is 13.0. The highest BCUT2D eigenvalue weighted by Crippen LogP contribution is 2.22. The van der Waals surface area contributed by atoms with Crippen molar-refractivity contribution in [1.29, 1.82) is 0 Å². The van der Waals surface area contributed by atoms with E-state index < -0.39 is 0 Å². The first kappa shape index (κ1) is 21.5. The summed E-state index contributed by atoms with van der Waals surface area (Å²) >= 11 is 0. The topological polar surface area (TPSA) is 0 Å². The van der Waals surface area contributed by atoms with E-state index in [1.54, 1.807) is 6.08 Å². The lowest BCUT2D eigenvalue weighted by atomic mass is 9.92. The Balaban J connectivity index is 5.20. The smallest absolute Gasteiger partial charge is 0.0997 e. The van der Waals surface area contributed by atoms with Crippen LogP contribution >= 0.6 is 0 Å². The van der Waals surface area contributed by atoms with E-state index in [0.29, 0.717) is 5.47 Å². The van der Waals surface area contributed by atoms with Crippen molar-refractivity contribution in [2.24, 2.45) is 0 Å². The van der Waals surface area contributed by atoms with Gasteiger partial charge in [0.25, 0.3) is 0 Å². The first-order valence-corrected chi connectivity index (χ1v) is 8.78. The molecule has 0 aromatic heterocycles. The van der Waals surface area contributed by atoms with Crippen LogP contribution in [0.25, 0.3) is 0 Å². The number of hydrogen-bond acceptors (Lipinski definition) is 0. The molecule has 0 bridgehead atoms. The summed E-state index contributed by atoms with van der Waals surface area (Å²) in [6.07, 6.45) is 18.2. The first-order chi connectivity index (χ1) is 11.0. The van der Waals surface area contributed by atoms with Crippen molar-refractivity contribution in [1.82, 2.24) is 0 Å². The standard InChI is InChI=1S/C22H33B/c1-7-11-13-18(5)19(6)14-15-20(9-3)21(12-8-2)16-17-22(23)10-4/h9-10,13-14,16-17H,4,7-8,11-12,15H2,1-3,5-6H3/b18-13-,19-14-,20-9+,21-16+,22-17+. The fraction of sp³-hybridized carbons (Fsp3) is 0.455. The minimum absolute atomic E-state index is 0.708. The van der Waals surface area contributed by atoms with Gasteiger partial charge in [0.1, 0.15) is 7.85 Å². The molecule has 2 radical (unpaired) electrons. The molecule has 0 aromatic carbocycles. The summed E-state index contributed by atoms with van der Waals surface area (Å²) in [5, 5.41) is 0. The third kappa shape index (κ3) is 9.28. The van der Waals surface area contributed by atoms with Gasteiger partial charge in [0.15, 0.2) is 0 Å². The maximum atomic E-state index is 5.83. The van der Waals surface area contributed by atoms with Gasteiger partial charge in [-0.25, -0.2) is 0 Å². The lowest BCUT2D eigenvalue weighted by molar-refractivity contribution is 0.900. The molecule has 0 atom stereocenters. The van der Waals surface area contributed by atoms with Gasteiger partial charge < -0.3 is 0 Å². The van der Waals surface area contributed by atoms with E-state index in [-0.39, 0.29) is 0 Å². The molecule has 0 nitrogen and oxygen atoms in total. The minimum atomic E-state index is 0.708. The van der Waals surface area contributed by atoms with Crippen LogP contribution in [-0.4, -0.2) is 7.85 Å². The van der Waals surface area contributed by atoms with Crippen LogP contribution in [0.5, 0.6) is 0 Å². The summed E-state index contributed by atoms with van der Waals surface area (Å²) in [5.74, 6) is 0. The van der Waals surface area contributed by atoms with E-state index in [9.17, 15) is 0 Å². The molecule has 23 heavy (non-hydrogen) atoms. The summed E-state index contributed by atoms with van der Waals surface area (Å²) in [7, 11) is 5.83. The predicted octanol–water partition coefficient (Wildman–Crippen LogP) is 6.98. The highest BCUT2D eigenvalue weighted by atomic mass is 14.1. The molecular weight excluding hydrogens is 275 g/mol. The van der Waals surface area contributed by atoms with Crippen molar-refractivity contribution in [3.63, 3.8) is 0 Å². The van der Waals surface area contributed by atoms with Gasteiger partial charge in [0, 0.05) is 0 Å². The Kier molecular flexibility index (Phi) is 12.1. The van der Waals surface area contributed by atoms with Crippen molar-refractivity contribution >= 4 is 7.85 Å². The maximum Gasteiger partial charge on any atom is 0.113 e. The number of hydrogen-bond donors (Lipinski definition) is 0. The second-order valence-corrected chi connectivity index (χ2v) is 5.89. The van der Waals surface area contributed by atoms with E-state index in [1.807, 2.05) is 6.08 Å². The molecule has 0 aliphatic rings. The van der Waals surface area contributed by atoms with Crippen LogP contribution in [0.3, 0.4) is 0 Å². The van der Waals surface area contributed by atoms with Gasteiger partial charge in [-0.3, -0.25) is 0 Å². The van der Waals surface area contributed by atoms with Crippen molar-refractivity contribution in [3.8, 4) is 0 Å². The zero-order valence-corrected chi connectivity index (χ0v) is 15.8. The van der Waals surface area contributed by atoms with Crippen LogP contribution < -0.4 is 0 Å². The third-order valence-corrected chi connectivity index (χ3v) is 3.98. The van der Waals surface area contributed by atoms with Gasteiger partial charge in [0.2, 0.25) is 0 Å². The summed E-state index contributed by atoms with van der Waals surface area (Å²) in [6, 6.07) is 0. The lowest BCUT2D eigenvalue weighted by Gasteiger charge is -2.10. The predicted molar refractivity (Wildman–Crippen MR) is 108 cm³/mol. The highest BCUT2D eigenvalue weighted by Gasteiger charge is 2.03. The average Bonchev–Trinajstić information content (AvgIpc) is 2.56. The van der Waals surface area contributed by atoms with E-state index in [1.165, 1.54) is 28.7 Å². The van der Waals surface area contributed by atoms with Gasteiger partial charge >= 0.3 is 0 Å². The molecule has 0 fully saturated rings. The van der Waals surface area contributed by atoms with E-state index in [0.717, 1.165) is 25.7 Å². The largest absolute Gasteiger partial charge is 0.113 e. The van der Waals surface area contributed by atoms with Crippen LogP contribution in [0.4, 0.5) is 0 Å². The monoisotopic (exact) mass is 308 g/mol. The van der Waals surface area contributed by atoms with Gasteiger partial charge in [-0.2, -0.15) is 0 Å². The van der Waals surface area contributed by atoms with Gasteiger partial charge in [-0.15, -0.1) is 0 Å². The molecule has 124 valence electrons. The maximum absolute atomic E-state index is 5.83. The van der Waals surface area contributed by atoms with Gasteiger partial charge in [-0.05, 0) is 51.2 Å². The van der Waals surface area contributed by atoms with Crippen molar-refractivity contribution in [2.75, 3.05) is 0 Å². The Hall–Kier alpha value is -1.50. The Bertz CT molecular complexity index is 510. The molecule has 0 aliphatic heterocycles. The van der Waals surface area contributed by atoms with E-state index in [2.05, 4.69) is 65.5 Å². The molecule has 0 unspecified atom stereocenters. The van der Waals surface area contributed by atoms with Crippen molar-refractivity contribution in [2.45, 2.75) is 66.7 Å². The average molecular weight is 308 g/mol. The number of rotatable bonds is 10. The van der Waals surface area contributed by atoms with Gasteiger partial charge in [-0.1, -0.05) is 86.3 Å². The summed E-state index contributed by atoms with van der Waals surface area (Å²) in [6.45, 7) is 14.6. The van der Waals surface area contributed by atoms with Crippen LogP contribution in [-0.2, 0) is 0 Å². The fourth-order valence-corrected chi connectivity index (χ4v) is 2.27. The molecule has 0 spiro atoms. The third-order valence-electron chi connectivity index (χ3n) is 3.98. The minimum Gasteiger partial charge on any atom is -0.0997 e. The molecular formula is C22H33B. The summed E-state index contributed by atoms with van der Waals surface area (Å²) < 4.78 is 0. The van der Waals surface area contributed by atoms with Crippen molar-refractivity contribution < 1.29 is 0 Å². The van der Waals surface area contributed by atoms with Crippen LogP contribution in [0, 0.1) is 0 Å². The molecule has 0 aliphatic carbocycles. The zero-order valence-electron chi connectivity index (χ0n) is 15.8. The summed E-state index contributed by atoms with van der Waals surface area (Å²) in [4.78, 5) is 0. The molecule has 0 rings (SSSR count). The van der Waals surface area contributed by atoms with E-state index in [4.69, 9.17) is 7.85 Å². The Morgan fingerprint density at radius 2 is 1.61 bits per heavy atom. The normalized spacial score (nSPS) is 15.1. The highest BCUT2D eigenvalue weighted by molar-refractivity contribution is 6.23. The van der Waals surface area contributed by atoms with Crippen LogP contribution in [0.2, 0.25) is 0 Å². The van der Waals surface area contributed by atoms with Crippen molar-refractivity contribution in [3.05, 3.63) is 70.8 Å². The molecule has 0 saturated carbocycles. The molecule has 0 aromatic rings.